The third-order valence-corrected chi connectivity index (χ3v) is 4.64. The third kappa shape index (κ3) is 2.36. The molecule has 2 unspecified atom stereocenters. The molecule has 2 aromatic carbocycles. The molecule has 1 N–H and O–H groups in total. The Bertz CT molecular complexity index is 654. The molecule has 1 aliphatic carbocycles. The minimum atomic E-state index is 0.750. The fraction of sp³-hybridized carbons (Fsp3) is 0.389. The van der Waals surface area contributed by atoms with Crippen LogP contribution in [0.25, 0.3) is 10.8 Å². The summed E-state index contributed by atoms with van der Waals surface area (Å²) < 4.78 is 0. The van der Waals surface area contributed by atoms with Crippen molar-refractivity contribution < 1.29 is 0 Å². The van der Waals surface area contributed by atoms with Gasteiger partial charge in [-0.3, -0.25) is 0 Å². The van der Waals surface area contributed by atoms with Crippen LogP contribution in [0.3, 0.4) is 0 Å². The van der Waals surface area contributed by atoms with Gasteiger partial charge in [0.2, 0.25) is 0 Å². The van der Waals surface area contributed by atoms with Crippen LogP contribution < -0.4 is 5.32 Å². The first-order valence-electron chi connectivity index (χ1n) is 7.45. The molecule has 0 saturated heterocycles. The lowest BCUT2D eigenvalue weighted by Gasteiger charge is -2.18. The topological polar surface area (TPSA) is 35.8 Å². The lowest BCUT2D eigenvalue weighted by atomic mass is 9.97. The summed E-state index contributed by atoms with van der Waals surface area (Å²) in [4.78, 5) is 0. The summed E-state index contributed by atoms with van der Waals surface area (Å²) in [5.74, 6) is 1.61. The van der Waals surface area contributed by atoms with Gasteiger partial charge in [-0.05, 0) is 30.4 Å². The van der Waals surface area contributed by atoms with E-state index >= 15 is 0 Å². The minimum Gasteiger partial charge on any atom is -0.384 e. The van der Waals surface area contributed by atoms with Crippen molar-refractivity contribution in [2.45, 2.75) is 26.2 Å². The molecule has 0 radical (unpaired) electrons. The Hall–Kier alpha value is -2.01. The first-order valence-corrected chi connectivity index (χ1v) is 7.45. The van der Waals surface area contributed by atoms with Crippen molar-refractivity contribution in [3.05, 3.63) is 42.0 Å². The van der Waals surface area contributed by atoms with Gasteiger partial charge < -0.3 is 5.32 Å². The predicted octanol–water partition coefficient (Wildman–Crippen LogP) is 4.56. The third-order valence-electron chi connectivity index (χ3n) is 4.64. The van der Waals surface area contributed by atoms with Gasteiger partial charge in [-0.25, -0.2) is 0 Å². The maximum atomic E-state index is 9.19. The second-order valence-corrected chi connectivity index (χ2v) is 5.87. The molecule has 0 bridgehead atoms. The average molecular weight is 264 g/mol. The van der Waals surface area contributed by atoms with Gasteiger partial charge in [0.25, 0.3) is 0 Å². The van der Waals surface area contributed by atoms with E-state index in [1.54, 1.807) is 0 Å². The first kappa shape index (κ1) is 13.0. The van der Waals surface area contributed by atoms with Gasteiger partial charge in [-0.1, -0.05) is 44.0 Å². The molecular weight excluding hydrogens is 244 g/mol. The highest BCUT2D eigenvalue weighted by atomic mass is 14.9. The molecule has 1 saturated carbocycles. The van der Waals surface area contributed by atoms with E-state index in [4.69, 9.17) is 0 Å². The summed E-state index contributed by atoms with van der Waals surface area (Å²) in [7, 11) is 0. The number of fused-ring (bicyclic) bond motifs is 1. The van der Waals surface area contributed by atoms with E-state index in [-0.39, 0.29) is 0 Å². The molecule has 0 amide bonds. The van der Waals surface area contributed by atoms with E-state index in [0.29, 0.717) is 0 Å². The minimum absolute atomic E-state index is 0.750. The van der Waals surface area contributed by atoms with Crippen LogP contribution in [0.4, 0.5) is 5.69 Å². The van der Waals surface area contributed by atoms with Gasteiger partial charge >= 0.3 is 0 Å². The Morgan fingerprint density at radius 2 is 1.95 bits per heavy atom. The summed E-state index contributed by atoms with van der Waals surface area (Å²) in [6, 6.07) is 14.4. The van der Waals surface area contributed by atoms with Crippen LogP contribution >= 0.6 is 0 Å². The fourth-order valence-corrected chi connectivity index (χ4v) is 3.32. The summed E-state index contributed by atoms with van der Waals surface area (Å²) in [6.45, 7) is 3.40. The molecule has 0 heterocycles. The van der Waals surface area contributed by atoms with Gasteiger partial charge in [0.15, 0.2) is 0 Å². The Balaban J connectivity index is 1.87. The highest BCUT2D eigenvalue weighted by Gasteiger charge is 2.22. The van der Waals surface area contributed by atoms with Gasteiger partial charge in [0.05, 0.1) is 11.6 Å². The molecule has 2 heteroatoms. The Kier molecular flexibility index (Phi) is 3.60. The summed E-state index contributed by atoms with van der Waals surface area (Å²) in [5, 5.41) is 15.0. The molecule has 0 aromatic heterocycles. The summed E-state index contributed by atoms with van der Waals surface area (Å²) in [6.07, 6.45) is 4.06. The molecule has 2 atom stereocenters. The lowest BCUT2D eigenvalue weighted by Crippen LogP contribution is -2.16. The van der Waals surface area contributed by atoms with E-state index in [9.17, 15) is 5.26 Å². The fourth-order valence-electron chi connectivity index (χ4n) is 3.32. The van der Waals surface area contributed by atoms with E-state index in [1.807, 2.05) is 30.3 Å². The molecule has 0 aliphatic heterocycles. The smallest absolute Gasteiger partial charge is 0.0998 e. The van der Waals surface area contributed by atoms with Gasteiger partial charge in [-0.2, -0.15) is 5.26 Å². The number of nitrogens with zero attached hydrogens (tertiary/aromatic N) is 1. The number of benzene rings is 2. The number of nitrogens with one attached hydrogen (secondary N) is 1. The van der Waals surface area contributed by atoms with Crippen LogP contribution in [0, 0.1) is 23.2 Å². The van der Waals surface area contributed by atoms with Gasteiger partial charge in [0, 0.05) is 23.0 Å². The van der Waals surface area contributed by atoms with Crippen LogP contribution in [-0.2, 0) is 0 Å². The van der Waals surface area contributed by atoms with Crippen LogP contribution in [0.1, 0.15) is 31.7 Å². The summed E-state index contributed by atoms with van der Waals surface area (Å²) >= 11 is 0. The zero-order chi connectivity index (χ0) is 13.9. The Morgan fingerprint density at radius 1 is 1.15 bits per heavy atom. The Labute approximate surface area is 120 Å². The zero-order valence-corrected chi connectivity index (χ0v) is 11.9. The van der Waals surface area contributed by atoms with Crippen molar-refractivity contribution in [3.8, 4) is 6.07 Å². The SMILES string of the molecule is CC1CCCC1CNc1ccc(C#N)c2ccccc12. The molecule has 1 fully saturated rings. The largest absolute Gasteiger partial charge is 0.384 e. The molecule has 3 rings (SSSR count). The zero-order valence-electron chi connectivity index (χ0n) is 11.9. The van der Waals surface area contributed by atoms with E-state index in [0.717, 1.165) is 40.4 Å². The van der Waals surface area contributed by atoms with Gasteiger partial charge in [0.1, 0.15) is 0 Å². The van der Waals surface area contributed by atoms with Crippen LogP contribution in [0.2, 0.25) is 0 Å². The van der Waals surface area contributed by atoms with Crippen molar-refractivity contribution in [3.63, 3.8) is 0 Å². The number of hydrogen-bond donors (Lipinski definition) is 1. The van der Waals surface area contributed by atoms with E-state index in [1.165, 1.54) is 19.3 Å². The summed E-state index contributed by atoms with van der Waals surface area (Å²) in [5.41, 5.74) is 1.90. The highest BCUT2D eigenvalue weighted by molar-refractivity contribution is 5.97. The van der Waals surface area contributed by atoms with E-state index < -0.39 is 0 Å². The van der Waals surface area contributed by atoms with Crippen LogP contribution in [0.5, 0.6) is 0 Å². The highest BCUT2D eigenvalue weighted by Crippen LogP contribution is 2.32. The van der Waals surface area contributed by atoms with E-state index in [2.05, 4.69) is 24.4 Å². The van der Waals surface area contributed by atoms with Crippen LogP contribution in [-0.4, -0.2) is 6.54 Å². The number of rotatable bonds is 3. The molecule has 2 aromatic rings. The predicted molar refractivity (Wildman–Crippen MR) is 83.7 cm³/mol. The van der Waals surface area contributed by atoms with Crippen molar-refractivity contribution in [2.24, 2.45) is 11.8 Å². The molecule has 2 nitrogen and oxygen atoms in total. The molecule has 20 heavy (non-hydrogen) atoms. The molecular formula is C18H20N2. The second-order valence-electron chi connectivity index (χ2n) is 5.87. The molecule has 0 spiro atoms. The van der Waals surface area contributed by atoms with Crippen LogP contribution in [0.15, 0.2) is 36.4 Å². The average Bonchev–Trinajstić information content (AvgIpc) is 2.90. The normalized spacial score (nSPS) is 21.8. The monoisotopic (exact) mass is 264 g/mol. The molecule has 102 valence electrons. The quantitative estimate of drug-likeness (QED) is 0.882. The maximum Gasteiger partial charge on any atom is 0.0998 e. The lowest BCUT2D eigenvalue weighted by molar-refractivity contribution is 0.440. The van der Waals surface area contributed by atoms with Crippen molar-refractivity contribution >= 4 is 16.5 Å². The Morgan fingerprint density at radius 3 is 2.65 bits per heavy atom. The van der Waals surface area contributed by atoms with Gasteiger partial charge in [-0.15, -0.1) is 0 Å². The number of anilines is 1. The van der Waals surface area contributed by atoms with Crippen molar-refractivity contribution in [2.75, 3.05) is 11.9 Å². The number of hydrogen-bond acceptors (Lipinski definition) is 2. The standard InChI is InChI=1S/C18H20N2/c1-13-5-4-6-15(13)12-20-18-10-9-14(11-19)16-7-2-3-8-17(16)18/h2-3,7-10,13,15,20H,4-6,12H2,1H3. The van der Waals surface area contributed by atoms with Crippen molar-refractivity contribution in [1.82, 2.24) is 0 Å². The van der Waals surface area contributed by atoms with Crippen molar-refractivity contribution in [1.29, 1.82) is 5.26 Å². The maximum absolute atomic E-state index is 9.19. The number of nitriles is 1. The second kappa shape index (κ2) is 5.54. The molecule has 1 aliphatic rings. The first-order chi connectivity index (χ1) is 9.79.